The lowest BCUT2D eigenvalue weighted by atomic mass is 9.82. The van der Waals surface area contributed by atoms with E-state index < -0.39 is 6.09 Å². The van der Waals surface area contributed by atoms with Gasteiger partial charge in [0.15, 0.2) is 0 Å². The summed E-state index contributed by atoms with van der Waals surface area (Å²) in [6.45, 7) is 4.54. The molecule has 5 rings (SSSR count). The summed E-state index contributed by atoms with van der Waals surface area (Å²) in [5, 5.41) is 11.8. The summed E-state index contributed by atoms with van der Waals surface area (Å²) in [4.78, 5) is 19.2. The minimum Gasteiger partial charge on any atom is -0.465 e. The number of amides is 1. The van der Waals surface area contributed by atoms with Crippen LogP contribution in [0.3, 0.4) is 0 Å². The van der Waals surface area contributed by atoms with Gasteiger partial charge in [-0.3, -0.25) is 0 Å². The van der Waals surface area contributed by atoms with E-state index in [-0.39, 0.29) is 17.4 Å². The van der Waals surface area contributed by atoms with Gasteiger partial charge in [-0.15, -0.1) is 0 Å². The monoisotopic (exact) mass is 465 g/mol. The van der Waals surface area contributed by atoms with E-state index in [1.165, 1.54) is 22.3 Å². The van der Waals surface area contributed by atoms with E-state index in [1.54, 1.807) is 0 Å². The van der Waals surface area contributed by atoms with Crippen LogP contribution < -0.4 is 5.32 Å². The molecule has 0 spiro atoms. The molecular weight excluding hydrogens is 442 g/mol. The van der Waals surface area contributed by atoms with Crippen molar-refractivity contribution in [3.8, 4) is 22.4 Å². The molecule has 154 valence electrons. The van der Waals surface area contributed by atoms with E-state index in [0.29, 0.717) is 0 Å². The van der Waals surface area contributed by atoms with Crippen LogP contribution in [0.15, 0.2) is 47.1 Å². The predicted octanol–water partition coefficient (Wildman–Crippen LogP) is 6.05. The van der Waals surface area contributed by atoms with E-state index in [4.69, 9.17) is 5.11 Å². The van der Waals surface area contributed by atoms with Crippen LogP contribution in [0.2, 0.25) is 0 Å². The van der Waals surface area contributed by atoms with Gasteiger partial charge in [0.1, 0.15) is 5.82 Å². The summed E-state index contributed by atoms with van der Waals surface area (Å²) in [7, 11) is 0. The molecule has 0 unspecified atom stereocenters. The Morgan fingerprint density at radius 3 is 2.67 bits per heavy atom. The molecule has 1 heterocycles. The molecule has 0 saturated heterocycles. The van der Waals surface area contributed by atoms with Crippen molar-refractivity contribution < 1.29 is 9.90 Å². The Balaban J connectivity index is 1.49. The second kappa shape index (κ2) is 6.98. The van der Waals surface area contributed by atoms with Gasteiger partial charge in [0.2, 0.25) is 0 Å². The number of hydrogen-bond donors (Lipinski definition) is 3. The highest BCUT2D eigenvalue weighted by atomic mass is 79.9. The first-order valence-electron chi connectivity index (χ1n) is 10.3. The lowest BCUT2D eigenvalue weighted by Crippen LogP contribution is -2.35. The van der Waals surface area contributed by atoms with Crippen molar-refractivity contribution in [2.45, 2.75) is 50.5 Å². The summed E-state index contributed by atoms with van der Waals surface area (Å²) >= 11 is 3.61. The normalized spacial score (nSPS) is 21.3. The van der Waals surface area contributed by atoms with Crippen LogP contribution in [-0.4, -0.2) is 27.2 Å². The van der Waals surface area contributed by atoms with Crippen LogP contribution in [0.1, 0.15) is 56.0 Å². The molecule has 3 N–H and O–H groups in total. The number of carbonyl (C=O) groups is 1. The molecule has 2 aliphatic rings. The molecule has 1 amide bonds. The number of nitrogens with zero attached hydrogens (tertiary/aromatic N) is 1. The number of rotatable bonds is 3. The second-order valence-electron chi connectivity index (χ2n) is 8.85. The van der Waals surface area contributed by atoms with Gasteiger partial charge >= 0.3 is 6.09 Å². The SMILES string of the molecule is CC1(C)c2cc(Br)ccc2-c2ccc(-c3cnc([C@H]4CCC[C@@H]4NC(=O)O)[nH]3)cc21. The minimum atomic E-state index is -0.967. The third-order valence-corrected chi connectivity index (χ3v) is 7.21. The Bertz CT molecular complexity index is 1150. The van der Waals surface area contributed by atoms with Crippen molar-refractivity contribution in [1.29, 1.82) is 0 Å². The first-order chi connectivity index (χ1) is 14.3. The molecular formula is C24H24BrN3O2. The fraction of sp³-hybridized carbons (Fsp3) is 0.333. The van der Waals surface area contributed by atoms with E-state index in [9.17, 15) is 4.79 Å². The second-order valence-corrected chi connectivity index (χ2v) is 9.77. The Labute approximate surface area is 184 Å². The van der Waals surface area contributed by atoms with Crippen LogP contribution >= 0.6 is 15.9 Å². The van der Waals surface area contributed by atoms with Crippen molar-refractivity contribution in [2.24, 2.45) is 0 Å². The van der Waals surface area contributed by atoms with Crippen molar-refractivity contribution in [1.82, 2.24) is 15.3 Å². The van der Waals surface area contributed by atoms with Crippen LogP contribution in [0, 0.1) is 0 Å². The maximum Gasteiger partial charge on any atom is 0.404 e. The van der Waals surface area contributed by atoms with Crippen molar-refractivity contribution in [3.63, 3.8) is 0 Å². The Morgan fingerprint density at radius 1 is 1.17 bits per heavy atom. The molecule has 30 heavy (non-hydrogen) atoms. The van der Waals surface area contributed by atoms with Crippen LogP contribution in [0.4, 0.5) is 4.79 Å². The zero-order chi connectivity index (χ0) is 21.0. The van der Waals surface area contributed by atoms with Gasteiger partial charge in [0, 0.05) is 21.8 Å². The Hall–Kier alpha value is -2.60. The van der Waals surface area contributed by atoms with E-state index in [0.717, 1.165) is 40.8 Å². The molecule has 0 radical (unpaired) electrons. The third kappa shape index (κ3) is 3.05. The van der Waals surface area contributed by atoms with Crippen LogP contribution in [0.5, 0.6) is 0 Å². The fourth-order valence-electron chi connectivity index (χ4n) is 5.17. The highest BCUT2D eigenvalue weighted by Crippen LogP contribution is 2.50. The van der Waals surface area contributed by atoms with Crippen LogP contribution in [-0.2, 0) is 5.41 Å². The number of H-pyrrole nitrogens is 1. The first kappa shape index (κ1) is 19.4. The Morgan fingerprint density at radius 2 is 1.90 bits per heavy atom. The van der Waals surface area contributed by atoms with Gasteiger partial charge in [-0.25, -0.2) is 9.78 Å². The van der Waals surface area contributed by atoms with E-state index in [2.05, 4.69) is 81.5 Å². The zero-order valence-electron chi connectivity index (χ0n) is 17.0. The van der Waals surface area contributed by atoms with Crippen molar-refractivity contribution in [3.05, 3.63) is 64.0 Å². The number of halogens is 1. The fourth-order valence-corrected chi connectivity index (χ4v) is 5.53. The molecule has 2 aliphatic carbocycles. The minimum absolute atomic E-state index is 0.0741. The zero-order valence-corrected chi connectivity index (χ0v) is 18.6. The first-order valence-corrected chi connectivity index (χ1v) is 11.1. The summed E-state index contributed by atoms with van der Waals surface area (Å²) in [6, 6.07) is 13.1. The smallest absolute Gasteiger partial charge is 0.404 e. The van der Waals surface area contributed by atoms with Gasteiger partial charge in [-0.2, -0.15) is 0 Å². The predicted molar refractivity (Wildman–Crippen MR) is 121 cm³/mol. The highest BCUT2D eigenvalue weighted by molar-refractivity contribution is 9.10. The van der Waals surface area contributed by atoms with Crippen molar-refractivity contribution >= 4 is 22.0 Å². The number of imidazole rings is 1. The maximum atomic E-state index is 11.1. The number of aromatic amines is 1. The standard InChI is InChI=1S/C24H24BrN3O2/c1-24(2)18-10-13(6-8-15(18)16-9-7-14(25)11-19(16)24)21-12-26-22(27-21)17-4-3-5-20(17)28-23(29)30/h6-12,17,20,28H,3-5H2,1-2H3,(H,26,27)(H,29,30)/t17-,20-/m0/s1. The number of carboxylic acid groups (broad SMARTS) is 1. The van der Waals surface area contributed by atoms with Gasteiger partial charge in [-0.05, 0) is 58.9 Å². The lowest BCUT2D eigenvalue weighted by Gasteiger charge is -2.22. The van der Waals surface area contributed by atoms with Gasteiger partial charge in [0.25, 0.3) is 0 Å². The highest BCUT2D eigenvalue weighted by Gasteiger charge is 2.36. The maximum absolute atomic E-state index is 11.1. The van der Waals surface area contributed by atoms with Gasteiger partial charge in [-0.1, -0.05) is 54.4 Å². The number of aromatic nitrogens is 2. The molecule has 2 aromatic carbocycles. The van der Waals surface area contributed by atoms with Crippen molar-refractivity contribution in [2.75, 3.05) is 0 Å². The third-order valence-electron chi connectivity index (χ3n) is 6.72. The molecule has 2 atom stereocenters. The largest absolute Gasteiger partial charge is 0.465 e. The lowest BCUT2D eigenvalue weighted by molar-refractivity contribution is 0.188. The molecule has 0 bridgehead atoms. The quantitative estimate of drug-likeness (QED) is 0.440. The summed E-state index contributed by atoms with van der Waals surface area (Å²) in [5.74, 6) is 0.968. The average Bonchev–Trinajstić information content (AvgIpc) is 3.40. The molecule has 1 saturated carbocycles. The number of nitrogens with one attached hydrogen (secondary N) is 2. The molecule has 1 aromatic heterocycles. The van der Waals surface area contributed by atoms with E-state index >= 15 is 0 Å². The molecule has 6 heteroatoms. The van der Waals surface area contributed by atoms with E-state index in [1.807, 2.05) is 6.20 Å². The van der Waals surface area contributed by atoms with Crippen LogP contribution in [0.25, 0.3) is 22.4 Å². The number of fused-ring (bicyclic) bond motifs is 3. The number of benzene rings is 2. The summed E-state index contributed by atoms with van der Waals surface area (Å²) in [5.41, 5.74) is 7.24. The molecule has 5 nitrogen and oxygen atoms in total. The topological polar surface area (TPSA) is 78.0 Å². The molecule has 0 aliphatic heterocycles. The molecule has 1 fully saturated rings. The summed E-state index contributed by atoms with van der Waals surface area (Å²) in [6.07, 6.45) is 3.71. The summed E-state index contributed by atoms with van der Waals surface area (Å²) < 4.78 is 1.10. The van der Waals surface area contributed by atoms with Gasteiger partial charge in [0.05, 0.1) is 11.9 Å². The van der Waals surface area contributed by atoms with Gasteiger partial charge < -0.3 is 15.4 Å². The Kier molecular flexibility index (Phi) is 4.51. The number of hydrogen-bond acceptors (Lipinski definition) is 2. The molecule has 3 aromatic rings. The average molecular weight is 466 g/mol.